The van der Waals surface area contributed by atoms with Crippen molar-refractivity contribution in [3.63, 3.8) is 0 Å². The van der Waals surface area contributed by atoms with E-state index in [4.69, 9.17) is 43.1 Å². The smallest absolute Gasteiger partial charge is 0.388 e. The van der Waals surface area contributed by atoms with Gasteiger partial charge in [0.05, 0.1) is 28.9 Å². The van der Waals surface area contributed by atoms with E-state index in [9.17, 15) is 18.3 Å². The Labute approximate surface area is 213 Å². The zero-order chi connectivity index (χ0) is 25.8. The van der Waals surface area contributed by atoms with Crippen molar-refractivity contribution in [2.45, 2.75) is 49.8 Å². The molecule has 2 saturated heterocycles. The summed E-state index contributed by atoms with van der Waals surface area (Å²) in [7, 11) is 0. The monoisotopic (exact) mass is 544 g/mol. The molecular weight excluding hydrogens is 524 g/mol. The summed E-state index contributed by atoms with van der Waals surface area (Å²) in [5.74, 6) is 0.0453. The van der Waals surface area contributed by atoms with Crippen molar-refractivity contribution in [1.82, 2.24) is 14.8 Å². The van der Waals surface area contributed by atoms with Crippen LogP contribution in [0.5, 0.6) is 0 Å². The third-order valence-electron chi connectivity index (χ3n) is 6.07. The second kappa shape index (κ2) is 9.56. The van der Waals surface area contributed by atoms with Gasteiger partial charge in [0, 0.05) is 10.6 Å². The van der Waals surface area contributed by atoms with Gasteiger partial charge in [-0.15, -0.1) is 0 Å². The zero-order valence-corrected chi connectivity index (χ0v) is 20.2. The Morgan fingerprint density at radius 3 is 2.56 bits per heavy atom. The van der Waals surface area contributed by atoms with Crippen LogP contribution in [0.2, 0.25) is 10.0 Å². The van der Waals surface area contributed by atoms with Crippen molar-refractivity contribution in [3.8, 4) is 5.69 Å². The number of ether oxygens (including phenoxy) is 3. The molecule has 3 heterocycles. The number of rotatable bonds is 3. The summed E-state index contributed by atoms with van der Waals surface area (Å²) in [6, 6.07) is 10.3. The summed E-state index contributed by atoms with van der Waals surface area (Å²) < 4.78 is 60.5. The fraction of sp³-hybridized carbons (Fsp3) is 0.391. The van der Waals surface area contributed by atoms with Crippen molar-refractivity contribution in [3.05, 3.63) is 75.3 Å². The number of hydrogen-bond acceptors (Lipinski definition) is 7. The summed E-state index contributed by atoms with van der Waals surface area (Å²) in [5.41, 5.74) is 5.52. The summed E-state index contributed by atoms with van der Waals surface area (Å²) in [6.45, 7) is 1.57. The van der Waals surface area contributed by atoms with Crippen LogP contribution in [0.4, 0.5) is 13.2 Å². The molecule has 36 heavy (non-hydrogen) atoms. The maximum atomic E-state index is 13.9. The molecule has 2 aliphatic heterocycles. The van der Waals surface area contributed by atoms with Crippen LogP contribution in [0.25, 0.3) is 5.69 Å². The lowest BCUT2D eigenvalue weighted by molar-refractivity contribution is -0.309. The number of halogens is 5. The molecule has 2 fully saturated rings. The average molecular weight is 545 g/mol. The van der Waals surface area contributed by atoms with Gasteiger partial charge in [0.2, 0.25) is 0 Å². The van der Waals surface area contributed by atoms with E-state index in [1.165, 1.54) is 6.92 Å². The van der Waals surface area contributed by atoms with Gasteiger partial charge in [-0.05, 0) is 19.1 Å². The maximum Gasteiger partial charge on any atom is 0.419 e. The SMILES string of the molecule is Cc1nc([C@@H]2OC3COC(c4ccccc4)O[C@@H]3C(N)C2O)n(-c2cc(Cl)cc(Cl)c2C(F)(F)F)n1. The van der Waals surface area contributed by atoms with E-state index in [1.807, 2.05) is 30.3 Å². The van der Waals surface area contributed by atoms with Gasteiger partial charge < -0.3 is 25.1 Å². The van der Waals surface area contributed by atoms with E-state index in [0.717, 1.165) is 22.4 Å². The van der Waals surface area contributed by atoms with E-state index >= 15 is 0 Å². The van der Waals surface area contributed by atoms with Gasteiger partial charge in [0.25, 0.3) is 0 Å². The first-order valence-corrected chi connectivity index (χ1v) is 11.7. The van der Waals surface area contributed by atoms with Gasteiger partial charge in [0.1, 0.15) is 30.2 Å². The number of benzene rings is 2. The van der Waals surface area contributed by atoms with Gasteiger partial charge in [0.15, 0.2) is 12.1 Å². The Morgan fingerprint density at radius 1 is 1.14 bits per heavy atom. The molecule has 4 unspecified atom stereocenters. The van der Waals surface area contributed by atoms with E-state index in [2.05, 4.69) is 10.1 Å². The van der Waals surface area contributed by atoms with Crippen LogP contribution in [-0.2, 0) is 20.4 Å². The van der Waals surface area contributed by atoms with E-state index < -0.39 is 59.2 Å². The van der Waals surface area contributed by atoms with Crippen molar-refractivity contribution in [2.24, 2.45) is 5.73 Å². The zero-order valence-electron chi connectivity index (χ0n) is 18.7. The molecule has 0 bridgehead atoms. The van der Waals surface area contributed by atoms with Gasteiger partial charge in [-0.3, -0.25) is 0 Å². The highest BCUT2D eigenvalue weighted by molar-refractivity contribution is 6.35. The van der Waals surface area contributed by atoms with Crippen molar-refractivity contribution >= 4 is 23.2 Å². The number of alkyl halides is 3. The minimum absolute atomic E-state index is 0.0370. The first-order chi connectivity index (χ1) is 17.0. The van der Waals surface area contributed by atoms with E-state index in [-0.39, 0.29) is 23.3 Å². The Kier molecular flexibility index (Phi) is 6.75. The van der Waals surface area contributed by atoms with Gasteiger partial charge in [-0.1, -0.05) is 53.5 Å². The Hall–Kier alpha value is -2.25. The van der Waals surface area contributed by atoms with Crippen molar-refractivity contribution < 1.29 is 32.5 Å². The number of hydrogen-bond donors (Lipinski definition) is 2. The second-order valence-electron chi connectivity index (χ2n) is 8.55. The molecule has 0 amide bonds. The normalized spacial score (nSPS) is 28.7. The van der Waals surface area contributed by atoms with Crippen LogP contribution in [0.3, 0.4) is 0 Å². The van der Waals surface area contributed by atoms with E-state index in [1.54, 1.807) is 0 Å². The largest absolute Gasteiger partial charge is 0.419 e. The minimum Gasteiger partial charge on any atom is -0.388 e. The lowest BCUT2D eigenvalue weighted by atomic mass is 9.92. The lowest BCUT2D eigenvalue weighted by Gasteiger charge is -2.46. The van der Waals surface area contributed by atoms with E-state index in [0.29, 0.717) is 0 Å². The third kappa shape index (κ3) is 4.60. The second-order valence-corrected chi connectivity index (χ2v) is 9.39. The minimum atomic E-state index is -4.82. The maximum absolute atomic E-state index is 13.9. The Balaban J connectivity index is 1.50. The Morgan fingerprint density at radius 2 is 1.86 bits per heavy atom. The number of nitrogens with zero attached hydrogens (tertiary/aromatic N) is 3. The summed E-state index contributed by atoms with van der Waals surface area (Å²) in [4.78, 5) is 4.25. The van der Waals surface area contributed by atoms with Crippen LogP contribution in [-0.4, -0.2) is 50.8 Å². The molecule has 3 N–H and O–H groups in total. The summed E-state index contributed by atoms with van der Waals surface area (Å²) in [5, 5.41) is 14.6. The molecule has 0 spiro atoms. The number of fused-ring (bicyclic) bond motifs is 1. The molecule has 2 aromatic carbocycles. The number of nitrogens with two attached hydrogens (primary N) is 1. The molecule has 1 aromatic heterocycles. The quantitative estimate of drug-likeness (QED) is 0.510. The van der Waals surface area contributed by atoms with Crippen molar-refractivity contribution in [1.29, 1.82) is 0 Å². The van der Waals surface area contributed by atoms with Crippen molar-refractivity contribution in [2.75, 3.05) is 6.61 Å². The predicted molar refractivity (Wildman–Crippen MR) is 123 cm³/mol. The number of aliphatic hydroxyl groups excluding tert-OH is 1. The molecule has 0 saturated carbocycles. The molecule has 13 heteroatoms. The van der Waals surface area contributed by atoms with Crippen LogP contribution < -0.4 is 5.73 Å². The topological polar surface area (TPSA) is 105 Å². The molecule has 192 valence electrons. The average Bonchev–Trinajstić information content (AvgIpc) is 3.21. The van der Waals surface area contributed by atoms with Crippen LogP contribution in [0.15, 0.2) is 42.5 Å². The lowest BCUT2D eigenvalue weighted by Crippen LogP contribution is -2.62. The first-order valence-electron chi connectivity index (χ1n) is 11.0. The molecule has 5 rings (SSSR count). The summed E-state index contributed by atoms with van der Waals surface area (Å²) in [6.07, 6.45) is -9.60. The molecule has 0 aliphatic carbocycles. The predicted octanol–water partition coefficient (Wildman–Crippen LogP) is 4.14. The summed E-state index contributed by atoms with van der Waals surface area (Å²) >= 11 is 11.9. The molecule has 0 radical (unpaired) electrons. The first kappa shape index (κ1) is 25.4. The fourth-order valence-corrected chi connectivity index (χ4v) is 5.06. The molecule has 8 nitrogen and oxygen atoms in total. The van der Waals surface area contributed by atoms with Gasteiger partial charge in [-0.25, -0.2) is 9.67 Å². The highest BCUT2D eigenvalue weighted by atomic mass is 35.5. The number of aryl methyl sites for hydroxylation is 1. The van der Waals surface area contributed by atoms with Crippen LogP contribution in [0.1, 0.15) is 35.2 Å². The van der Waals surface area contributed by atoms with Gasteiger partial charge >= 0.3 is 6.18 Å². The standard InChI is InChI=1S/C23H21Cl2F3N4O4/c1-10-30-21(32(31-10)14-8-12(24)7-13(25)16(14)23(26,27)28)20-18(33)17(29)19-15(35-20)9-34-22(36-19)11-5-3-2-4-6-11/h2-8,15,17-20,22,33H,9,29H2,1H3/t15?,17?,18?,19-,20+,22?/m0/s1. The third-order valence-corrected chi connectivity index (χ3v) is 6.59. The highest BCUT2D eigenvalue weighted by Crippen LogP contribution is 2.43. The molecule has 6 atom stereocenters. The Bertz CT molecular complexity index is 1260. The highest BCUT2D eigenvalue weighted by Gasteiger charge is 2.50. The molecular formula is C23H21Cl2F3N4O4. The van der Waals surface area contributed by atoms with Crippen LogP contribution in [0, 0.1) is 6.92 Å². The fourth-order valence-electron chi connectivity index (χ4n) is 4.47. The van der Waals surface area contributed by atoms with Crippen LogP contribution >= 0.6 is 23.2 Å². The number of aromatic nitrogens is 3. The molecule has 2 aliphatic rings. The van der Waals surface area contributed by atoms with Gasteiger partial charge in [-0.2, -0.15) is 18.3 Å². The molecule has 3 aromatic rings. The number of aliphatic hydroxyl groups is 1.